The zero-order chi connectivity index (χ0) is 26.9. The van der Waals surface area contributed by atoms with Gasteiger partial charge in [0.25, 0.3) is 0 Å². The Kier molecular flexibility index (Phi) is 7.80. The van der Waals surface area contributed by atoms with Crippen LogP contribution in [0.3, 0.4) is 0 Å². The lowest BCUT2D eigenvalue weighted by Crippen LogP contribution is -2.62. The van der Waals surface area contributed by atoms with Crippen molar-refractivity contribution < 1.29 is 23.9 Å². The summed E-state index contributed by atoms with van der Waals surface area (Å²) in [6.45, 7) is 3.69. The molecule has 0 saturated heterocycles. The lowest BCUT2D eigenvalue weighted by atomic mass is 9.79. The molecule has 4 rings (SSSR count). The van der Waals surface area contributed by atoms with Crippen LogP contribution in [-0.2, 0) is 33.6 Å². The highest BCUT2D eigenvalue weighted by molar-refractivity contribution is 6.38. The Morgan fingerprint density at radius 2 is 1.97 bits per heavy atom. The van der Waals surface area contributed by atoms with Crippen molar-refractivity contribution in [3.63, 3.8) is 0 Å². The Balaban J connectivity index is 1.58. The third kappa shape index (κ3) is 5.60. The fraction of sp³-hybridized carbons (Fsp3) is 0.370. The first kappa shape index (κ1) is 26.9. The number of carboxylic acid groups (broad SMARTS) is 1. The zero-order valence-electron chi connectivity index (χ0n) is 20.5. The van der Waals surface area contributed by atoms with Gasteiger partial charge in [-0.15, -0.1) is 0 Å². The van der Waals surface area contributed by atoms with Crippen LogP contribution in [-0.4, -0.2) is 39.5 Å². The Labute approximate surface area is 223 Å². The van der Waals surface area contributed by atoms with Crippen LogP contribution >= 0.6 is 23.2 Å². The minimum Gasteiger partial charge on any atom is -0.479 e. The van der Waals surface area contributed by atoms with Gasteiger partial charge in [-0.1, -0.05) is 55.6 Å². The molecule has 2 aromatic carbocycles. The van der Waals surface area contributed by atoms with Gasteiger partial charge in [0.1, 0.15) is 17.4 Å². The molecule has 1 aliphatic rings. The second-order valence-electron chi connectivity index (χ2n) is 9.68. The molecule has 3 atom stereocenters. The van der Waals surface area contributed by atoms with Crippen molar-refractivity contribution in [1.29, 1.82) is 0 Å². The van der Waals surface area contributed by atoms with E-state index in [1.807, 2.05) is 13.8 Å². The molecule has 0 saturated carbocycles. The molecule has 1 aromatic heterocycles. The second-order valence-corrected chi connectivity index (χ2v) is 10.5. The molecule has 3 aromatic rings. The number of fused-ring (bicyclic) bond motifs is 3. The summed E-state index contributed by atoms with van der Waals surface area (Å²) in [6, 6.07) is 8.06. The number of carboxylic acids is 1. The number of aryl methyl sites for hydroxylation is 1. The van der Waals surface area contributed by atoms with Gasteiger partial charge in [0.15, 0.2) is 0 Å². The van der Waals surface area contributed by atoms with Gasteiger partial charge < -0.3 is 20.7 Å². The van der Waals surface area contributed by atoms with Crippen LogP contribution in [0.5, 0.6) is 0 Å². The van der Waals surface area contributed by atoms with Crippen LogP contribution in [0.15, 0.2) is 36.4 Å². The molecular formula is C27H28Cl2FN3O4. The number of halogens is 3. The predicted octanol–water partition coefficient (Wildman–Crippen LogP) is 4.82. The number of benzene rings is 2. The molecule has 0 radical (unpaired) electrons. The van der Waals surface area contributed by atoms with Crippen LogP contribution in [0.4, 0.5) is 4.39 Å². The lowest BCUT2D eigenvalue weighted by molar-refractivity contribution is -0.149. The number of aromatic nitrogens is 1. The van der Waals surface area contributed by atoms with Crippen LogP contribution in [0.1, 0.15) is 43.5 Å². The predicted molar refractivity (Wildman–Crippen MR) is 140 cm³/mol. The molecule has 37 heavy (non-hydrogen) atoms. The van der Waals surface area contributed by atoms with Crippen LogP contribution in [0, 0.1) is 11.7 Å². The summed E-state index contributed by atoms with van der Waals surface area (Å²) in [5.41, 5.74) is 1.16. The number of hydrogen-bond acceptors (Lipinski definition) is 3. The van der Waals surface area contributed by atoms with E-state index >= 15 is 0 Å². The largest absolute Gasteiger partial charge is 0.479 e. The van der Waals surface area contributed by atoms with Crippen molar-refractivity contribution >= 4 is 51.9 Å². The molecule has 196 valence electrons. The number of H-pyrrole nitrogens is 1. The molecule has 1 heterocycles. The number of aliphatic carboxylic acids is 1. The van der Waals surface area contributed by atoms with E-state index in [-0.39, 0.29) is 25.2 Å². The molecule has 1 aliphatic carbocycles. The van der Waals surface area contributed by atoms with Gasteiger partial charge in [-0.3, -0.25) is 9.59 Å². The van der Waals surface area contributed by atoms with Gasteiger partial charge in [0, 0.05) is 22.5 Å². The number of hydrogen-bond donors (Lipinski definition) is 4. The van der Waals surface area contributed by atoms with Crippen LogP contribution in [0.2, 0.25) is 10.0 Å². The highest BCUT2D eigenvalue weighted by atomic mass is 35.5. The van der Waals surface area contributed by atoms with Crippen molar-refractivity contribution in [2.24, 2.45) is 5.92 Å². The fourth-order valence-corrected chi connectivity index (χ4v) is 5.43. The smallest absolute Gasteiger partial charge is 0.329 e. The third-order valence-corrected chi connectivity index (χ3v) is 7.65. The molecule has 0 spiro atoms. The number of amides is 2. The molecule has 0 fully saturated rings. The number of rotatable bonds is 8. The van der Waals surface area contributed by atoms with E-state index in [0.29, 0.717) is 39.4 Å². The quantitative estimate of drug-likeness (QED) is 0.324. The topological polar surface area (TPSA) is 111 Å². The fourth-order valence-electron chi connectivity index (χ4n) is 4.89. The standard InChI is InChI=1S/C27H28Cl2FN3O4/c1-3-14(2)23(32-22(34)10-15-5-4-6-17(30)9-15)25(35)33-27(26(36)37)8-7-21-19(13-27)18-11-16(28)12-20(29)24(18)31-21/h4-6,9,11-12,14,23,31H,3,7-8,10,13H2,1-2H3,(H,32,34)(H,33,35)(H,36,37). The number of nitrogens with one attached hydrogen (secondary N) is 3. The summed E-state index contributed by atoms with van der Waals surface area (Å²) >= 11 is 12.5. The van der Waals surface area contributed by atoms with E-state index in [1.165, 1.54) is 18.2 Å². The van der Waals surface area contributed by atoms with E-state index in [1.54, 1.807) is 18.2 Å². The Bertz CT molecular complexity index is 1380. The number of carbonyl (C=O) groups excluding carboxylic acids is 2. The van der Waals surface area contributed by atoms with E-state index in [9.17, 15) is 23.9 Å². The molecule has 4 N–H and O–H groups in total. The van der Waals surface area contributed by atoms with Gasteiger partial charge in [-0.2, -0.15) is 0 Å². The first-order valence-corrected chi connectivity index (χ1v) is 12.9. The van der Waals surface area contributed by atoms with Gasteiger partial charge >= 0.3 is 5.97 Å². The van der Waals surface area contributed by atoms with Gasteiger partial charge in [-0.05, 0) is 54.2 Å². The first-order valence-electron chi connectivity index (χ1n) is 12.1. The molecule has 10 heteroatoms. The SMILES string of the molecule is CCC(C)C(NC(=O)Cc1cccc(F)c1)C(=O)NC1(C(=O)O)CCc2[nH]c3c(Cl)cc(Cl)cc3c2C1. The van der Waals surface area contributed by atoms with E-state index in [2.05, 4.69) is 15.6 Å². The van der Waals surface area contributed by atoms with E-state index < -0.39 is 35.2 Å². The van der Waals surface area contributed by atoms with E-state index in [4.69, 9.17) is 23.2 Å². The molecular weight excluding hydrogens is 520 g/mol. The average Bonchev–Trinajstić information content (AvgIpc) is 3.20. The zero-order valence-corrected chi connectivity index (χ0v) is 22.0. The maximum Gasteiger partial charge on any atom is 0.329 e. The average molecular weight is 548 g/mol. The lowest BCUT2D eigenvalue weighted by Gasteiger charge is -2.36. The maximum atomic E-state index is 13.5. The van der Waals surface area contributed by atoms with Crippen molar-refractivity contribution in [3.8, 4) is 0 Å². The highest BCUT2D eigenvalue weighted by Crippen LogP contribution is 2.38. The molecule has 7 nitrogen and oxygen atoms in total. The van der Waals surface area contributed by atoms with Gasteiger partial charge in [0.2, 0.25) is 11.8 Å². The minimum absolute atomic E-state index is 0.0323. The highest BCUT2D eigenvalue weighted by Gasteiger charge is 2.45. The summed E-state index contributed by atoms with van der Waals surface area (Å²) in [4.78, 5) is 42.1. The monoisotopic (exact) mass is 547 g/mol. The number of carbonyl (C=O) groups is 3. The summed E-state index contributed by atoms with van der Waals surface area (Å²) in [5, 5.41) is 17.3. The van der Waals surface area contributed by atoms with Crippen LogP contribution in [0.25, 0.3) is 10.9 Å². The summed E-state index contributed by atoms with van der Waals surface area (Å²) in [6.07, 6.45) is 1.03. The second kappa shape index (κ2) is 10.7. The van der Waals surface area contributed by atoms with Crippen molar-refractivity contribution in [1.82, 2.24) is 15.6 Å². The number of aromatic amines is 1. The minimum atomic E-state index is -1.58. The normalized spacial score (nSPS) is 18.6. The van der Waals surface area contributed by atoms with Gasteiger partial charge in [0.05, 0.1) is 17.0 Å². The summed E-state index contributed by atoms with van der Waals surface area (Å²) in [5.74, 6) is -2.93. The third-order valence-electron chi connectivity index (χ3n) is 7.14. The molecule has 2 amide bonds. The summed E-state index contributed by atoms with van der Waals surface area (Å²) < 4.78 is 13.5. The van der Waals surface area contributed by atoms with Crippen molar-refractivity contribution in [3.05, 3.63) is 69.1 Å². The molecule has 3 unspecified atom stereocenters. The molecule has 0 aliphatic heterocycles. The molecule has 0 bridgehead atoms. The Morgan fingerprint density at radius 1 is 1.22 bits per heavy atom. The van der Waals surface area contributed by atoms with Crippen LogP contribution < -0.4 is 10.6 Å². The Hall–Kier alpha value is -3.10. The van der Waals surface area contributed by atoms with Crippen molar-refractivity contribution in [2.75, 3.05) is 0 Å². The van der Waals surface area contributed by atoms with E-state index in [0.717, 1.165) is 11.3 Å². The van der Waals surface area contributed by atoms with Gasteiger partial charge in [-0.25, -0.2) is 9.18 Å². The first-order chi connectivity index (χ1) is 17.5. The maximum absolute atomic E-state index is 13.5. The Morgan fingerprint density at radius 3 is 2.65 bits per heavy atom. The van der Waals surface area contributed by atoms with Crippen molar-refractivity contribution in [2.45, 2.75) is 57.5 Å². The summed E-state index contributed by atoms with van der Waals surface area (Å²) in [7, 11) is 0.